The van der Waals surface area contributed by atoms with Crippen molar-refractivity contribution in [2.24, 2.45) is 5.92 Å². The highest BCUT2D eigenvalue weighted by Gasteiger charge is 2.27. The molecule has 0 radical (unpaired) electrons. The Bertz CT molecular complexity index is 938. The van der Waals surface area contributed by atoms with Crippen LogP contribution < -0.4 is 10.5 Å². The van der Waals surface area contributed by atoms with Crippen LogP contribution in [0.2, 0.25) is 0 Å². The summed E-state index contributed by atoms with van der Waals surface area (Å²) in [6, 6.07) is 0. The van der Waals surface area contributed by atoms with Crippen LogP contribution in [0, 0.1) is 5.92 Å². The largest absolute Gasteiger partial charge is 0.339 e. The van der Waals surface area contributed by atoms with Crippen molar-refractivity contribution in [2.75, 3.05) is 31.1 Å². The van der Waals surface area contributed by atoms with Crippen LogP contribution in [0.1, 0.15) is 50.5 Å². The van der Waals surface area contributed by atoms with Crippen LogP contribution in [0.3, 0.4) is 0 Å². The van der Waals surface area contributed by atoms with Crippen molar-refractivity contribution in [3.05, 3.63) is 20.8 Å². The van der Waals surface area contributed by atoms with Gasteiger partial charge in [-0.25, -0.2) is 4.98 Å². The van der Waals surface area contributed by atoms with Crippen molar-refractivity contribution in [1.82, 2.24) is 14.5 Å². The third kappa shape index (κ3) is 3.45. The summed E-state index contributed by atoms with van der Waals surface area (Å²) in [5.74, 6) is 1.36. The normalized spacial score (nSPS) is 17.4. The lowest BCUT2D eigenvalue weighted by molar-refractivity contribution is -0.131. The number of hydrogen-bond donors (Lipinski definition) is 0. The second-order valence-corrected chi connectivity index (χ2v) is 9.42. The summed E-state index contributed by atoms with van der Waals surface area (Å²) in [6.45, 7) is 9.72. The standard InChI is InChI=1S/C21H30N4O2S/c1-4-17(26)23-9-11-24(12-10-23)21-22-19-18(20(27)25(21)13-14(2)3)15-7-5-6-8-16(15)28-19/h14H,4-13H2,1-3H3. The van der Waals surface area contributed by atoms with E-state index in [1.807, 2.05) is 16.4 Å². The van der Waals surface area contributed by atoms with E-state index >= 15 is 0 Å². The third-order valence-electron chi connectivity index (χ3n) is 5.82. The van der Waals surface area contributed by atoms with Gasteiger partial charge < -0.3 is 9.80 Å². The Balaban J connectivity index is 1.75. The van der Waals surface area contributed by atoms with Crippen molar-refractivity contribution >= 4 is 33.4 Å². The number of carbonyl (C=O) groups is 1. The van der Waals surface area contributed by atoms with E-state index in [1.54, 1.807) is 11.3 Å². The zero-order valence-corrected chi connectivity index (χ0v) is 18.0. The molecule has 152 valence electrons. The number of thiophene rings is 1. The van der Waals surface area contributed by atoms with Gasteiger partial charge in [0.1, 0.15) is 4.83 Å². The van der Waals surface area contributed by atoms with Crippen molar-refractivity contribution in [1.29, 1.82) is 0 Å². The monoisotopic (exact) mass is 402 g/mol. The molecular weight excluding hydrogens is 372 g/mol. The molecule has 0 N–H and O–H groups in total. The number of aryl methyl sites for hydroxylation is 2. The fraction of sp³-hybridized carbons (Fsp3) is 0.667. The second-order valence-electron chi connectivity index (χ2n) is 8.33. The molecule has 28 heavy (non-hydrogen) atoms. The first-order valence-corrected chi connectivity index (χ1v) is 11.4. The Kier molecular flexibility index (Phi) is 5.45. The molecule has 0 aromatic carbocycles. The third-order valence-corrected chi connectivity index (χ3v) is 7.01. The quantitative estimate of drug-likeness (QED) is 0.789. The Morgan fingerprint density at radius 1 is 1.14 bits per heavy atom. The first-order chi connectivity index (χ1) is 13.5. The maximum Gasteiger partial charge on any atom is 0.263 e. The Labute approximate surface area is 170 Å². The summed E-state index contributed by atoms with van der Waals surface area (Å²) in [7, 11) is 0. The smallest absolute Gasteiger partial charge is 0.263 e. The number of aromatic nitrogens is 2. The van der Waals surface area contributed by atoms with Crippen molar-refractivity contribution in [3.8, 4) is 0 Å². The highest BCUT2D eigenvalue weighted by molar-refractivity contribution is 7.18. The van der Waals surface area contributed by atoms with E-state index in [-0.39, 0.29) is 11.5 Å². The van der Waals surface area contributed by atoms with Crippen LogP contribution in [-0.4, -0.2) is 46.5 Å². The highest BCUT2D eigenvalue weighted by Crippen LogP contribution is 2.34. The fourth-order valence-corrected chi connectivity index (χ4v) is 5.63. The van der Waals surface area contributed by atoms with Gasteiger partial charge in [-0.1, -0.05) is 20.8 Å². The van der Waals surface area contributed by atoms with Gasteiger partial charge in [-0.15, -0.1) is 11.3 Å². The van der Waals surface area contributed by atoms with E-state index in [4.69, 9.17) is 4.98 Å². The van der Waals surface area contributed by atoms with Gasteiger partial charge in [0, 0.05) is 44.0 Å². The van der Waals surface area contributed by atoms with Gasteiger partial charge in [0.25, 0.3) is 5.56 Å². The van der Waals surface area contributed by atoms with E-state index in [9.17, 15) is 9.59 Å². The van der Waals surface area contributed by atoms with E-state index in [0.29, 0.717) is 32.0 Å². The minimum absolute atomic E-state index is 0.125. The summed E-state index contributed by atoms with van der Waals surface area (Å²) in [6.07, 6.45) is 5.00. The molecule has 2 aromatic heterocycles. The number of carbonyl (C=O) groups excluding carboxylic acids is 1. The average Bonchev–Trinajstić information content (AvgIpc) is 3.08. The van der Waals surface area contributed by atoms with Gasteiger partial charge in [0.15, 0.2) is 0 Å². The topological polar surface area (TPSA) is 58.4 Å². The summed E-state index contributed by atoms with van der Waals surface area (Å²) < 4.78 is 1.89. The summed E-state index contributed by atoms with van der Waals surface area (Å²) >= 11 is 1.71. The lowest BCUT2D eigenvalue weighted by Crippen LogP contribution is -2.50. The zero-order valence-electron chi connectivity index (χ0n) is 17.2. The van der Waals surface area contributed by atoms with Gasteiger partial charge in [-0.05, 0) is 37.2 Å². The van der Waals surface area contributed by atoms with Crippen LogP contribution >= 0.6 is 11.3 Å². The predicted molar refractivity (Wildman–Crippen MR) is 114 cm³/mol. The molecule has 6 nitrogen and oxygen atoms in total. The van der Waals surface area contributed by atoms with Crippen LogP contribution in [-0.2, 0) is 24.2 Å². The number of piperazine rings is 1. The molecule has 0 atom stereocenters. The van der Waals surface area contributed by atoms with Crippen LogP contribution in [0.15, 0.2) is 4.79 Å². The van der Waals surface area contributed by atoms with Gasteiger partial charge in [0.2, 0.25) is 11.9 Å². The summed E-state index contributed by atoms with van der Waals surface area (Å²) in [4.78, 5) is 36.9. The molecular formula is C21H30N4O2S. The lowest BCUT2D eigenvalue weighted by Gasteiger charge is -2.36. The minimum Gasteiger partial charge on any atom is -0.339 e. The Morgan fingerprint density at radius 2 is 1.86 bits per heavy atom. The number of rotatable bonds is 4. The molecule has 1 aliphatic carbocycles. The Morgan fingerprint density at radius 3 is 2.54 bits per heavy atom. The molecule has 0 bridgehead atoms. The fourth-order valence-electron chi connectivity index (χ4n) is 4.38. The molecule has 1 amide bonds. The number of anilines is 1. The van der Waals surface area contributed by atoms with Gasteiger partial charge in [-0.3, -0.25) is 14.2 Å². The molecule has 1 saturated heterocycles. The molecule has 2 aliphatic rings. The van der Waals surface area contributed by atoms with Crippen LogP contribution in [0.4, 0.5) is 5.95 Å². The maximum absolute atomic E-state index is 13.5. The molecule has 2 aromatic rings. The molecule has 4 rings (SSSR count). The van der Waals surface area contributed by atoms with Crippen molar-refractivity contribution in [3.63, 3.8) is 0 Å². The molecule has 3 heterocycles. The second kappa shape index (κ2) is 7.85. The number of amides is 1. The number of fused-ring (bicyclic) bond motifs is 3. The number of hydrogen-bond acceptors (Lipinski definition) is 5. The lowest BCUT2D eigenvalue weighted by atomic mass is 9.97. The number of nitrogens with zero attached hydrogens (tertiary/aromatic N) is 4. The molecule has 7 heteroatoms. The van der Waals surface area contributed by atoms with Crippen molar-refractivity contribution < 1.29 is 4.79 Å². The average molecular weight is 403 g/mol. The van der Waals surface area contributed by atoms with E-state index in [2.05, 4.69) is 18.7 Å². The minimum atomic E-state index is 0.125. The molecule has 0 spiro atoms. The van der Waals surface area contributed by atoms with E-state index < -0.39 is 0 Å². The summed E-state index contributed by atoms with van der Waals surface area (Å²) in [5.41, 5.74) is 1.38. The van der Waals surface area contributed by atoms with E-state index in [0.717, 1.165) is 48.5 Å². The van der Waals surface area contributed by atoms with Gasteiger partial charge in [-0.2, -0.15) is 0 Å². The first kappa shape index (κ1) is 19.4. The SMILES string of the molecule is CCC(=O)N1CCN(c2nc3sc4c(c3c(=O)n2CC(C)C)CCCC4)CC1. The highest BCUT2D eigenvalue weighted by atomic mass is 32.1. The van der Waals surface area contributed by atoms with Crippen LogP contribution in [0.25, 0.3) is 10.2 Å². The Hall–Kier alpha value is -1.89. The maximum atomic E-state index is 13.5. The van der Waals surface area contributed by atoms with Crippen LogP contribution in [0.5, 0.6) is 0 Å². The molecule has 1 aliphatic heterocycles. The molecule has 0 unspecified atom stereocenters. The molecule has 1 fully saturated rings. The van der Waals surface area contributed by atoms with Gasteiger partial charge in [0.05, 0.1) is 5.39 Å². The molecule has 0 saturated carbocycles. The summed E-state index contributed by atoms with van der Waals surface area (Å²) in [5, 5.41) is 0.865. The first-order valence-electron chi connectivity index (χ1n) is 10.6. The van der Waals surface area contributed by atoms with Gasteiger partial charge >= 0.3 is 0 Å². The van der Waals surface area contributed by atoms with Crippen molar-refractivity contribution in [2.45, 2.75) is 59.4 Å². The van der Waals surface area contributed by atoms with E-state index in [1.165, 1.54) is 16.9 Å². The predicted octanol–water partition coefficient (Wildman–Crippen LogP) is 3.05. The zero-order chi connectivity index (χ0) is 19.8.